The number of hydrogen-bond acceptors (Lipinski definition) is 6. The van der Waals surface area contributed by atoms with Gasteiger partial charge in [-0.15, -0.1) is 0 Å². The molecule has 2 aromatic rings. The first-order valence-electron chi connectivity index (χ1n) is 9.84. The maximum absolute atomic E-state index is 12.5. The van der Waals surface area contributed by atoms with Crippen molar-refractivity contribution in [2.24, 2.45) is 0 Å². The van der Waals surface area contributed by atoms with E-state index >= 15 is 0 Å². The Balaban J connectivity index is 1.37. The number of benzene rings is 2. The molecule has 0 spiro atoms. The van der Waals surface area contributed by atoms with Gasteiger partial charge in [-0.25, -0.2) is 13.1 Å². The third-order valence-electron chi connectivity index (χ3n) is 5.38. The Kier molecular flexibility index (Phi) is 5.94. The highest BCUT2D eigenvalue weighted by Crippen LogP contribution is 2.37. The molecule has 29 heavy (non-hydrogen) atoms. The van der Waals surface area contributed by atoms with Gasteiger partial charge in [0.15, 0.2) is 11.5 Å². The van der Waals surface area contributed by atoms with Crippen LogP contribution >= 0.6 is 0 Å². The second-order valence-corrected chi connectivity index (χ2v) is 8.94. The van der Waals surface area contributed by atoms with Gasteiger partial charge in [-0.05, 0) is 61.3 Å². The lowest BCUT2D eigenvalue weighted by atomic mass is 10.0. The van der Waals surface area contributed by atoms with Crippen LogP contribution in [-0.4, -0.2) is 53.3 Å². The molecule has 2 aliphatic rings. The van der Waals surface area contributed by atoms with Crippen molar-refractivity contribution < 1.29 is 22.6 Å². The van der Waals surface area contributed by atoms with Crippen molar-refractivity contribution in [2.75, 3.05) is 40.0 Å². The molecule has 1 fully saturated rings. The number of nitrogens with one attached hydrogen (secondary N) is 1. The normalized spacial score (nSPS) is 19.3. The SMILES string of the molecule is COc1ccc(S(=O)(=O)NCCN2CCCC2c2ccc3c(c2)OCCO3)cc1. The maximum Gasteiger partial charge on any atom is 0.240 e. The zero-order valence-electron chi connectivity index (χ0n) is 16.5. The largest absolute Gasteiger partial charge is 0.497 e. The number of ether oxygens (including phenoxy) is 3. The van der Waals surface area contributed by atoms with E-state index in [-0.39, 0.29) is 10.9 Å². The average molecular weight is 419 g/mol. The first-order chi connectivity index (χ1) is 14.1. The number of nitrogens with zero attached hydrogens (tertiary/aromatic N) is 1. The summed E-state index contributed by atoms with van der Waals surface area (Å²) in [7, 11) is -1.99. The molecule has 2 aromatic carbocycles. The summed E-state index contributed by atoms with van der Waals surface area (Å²) in [6.07, 6.45) is 2.13. The van der Waals surface area contributed by atoms with E-state index in [0.29, 0.717) is 32.1 Å². The Labute approximate surface area is 171 Å². The zero-order valence-corrected chi connectivity index (χ0v) is 17.3. The average Bonchev–Trinajstić information content (AvgIpc) is 3.22. The van der Waals surface area contributed by atoms with Gasteiger partial charge in [0.2, 0.25) is 10.0 Å². The van der Waals surface area contributed by atoms with Gasteiger partial charge in [0.1, 0.15) is 19.0 Å². The predicted molar refractivity (Wildman–Crippen MR) is 109 cm³/mol. The summed E-state index contributed by atoms with van der Waals surface area (Å²) in [5.74, 6) is 2.21. The van der Waals surface area contributed by atoms with Gasteiger partial charge >= 0.3 is 0 Å². The third kappa shape index (κ3) is 4.49. The van der Waals surface area contributed by atoms with E-state index in [4.69, 9.17) is 14.2 Å². The van der Waals surface area contributed by atoms with Crippen molar-refractivity contribution in [1.82, 2.24) is 9.62 Å². The van der Waals surface area contributed by atoms with E-state index in [1.807, 2.05) is 6.07 Å². The number of likely N-dealkylation sites (tertiary alicyclic amines) is 1. The Morgan fingerprint density at radius 3 is 2.62 bits per heavy atom. The van der Waals surface area contributed by atoms with Crippen molar-refractivity contribution in [3.63, 3.8) is 0 Å². The molecule has 8 heteroatoms. The standard InChI is InChI=1S/C21H26N2O5S/c1-26-17-5-7-18(8-6-17)29(24,25)22-10-12-23-11-2-3-19(23)16-4-9-20-21(15-16)28-14-13-27-20/h4-9,15,19,22H,2-3,10-14H2,1H3. The fourth-order valence-corrected chi connectivity index (χ4v) is 4.92. The van der Waals surface area contributed by atoms with E-state index in [9.17, 15) is 8.42 Å². The van der Waals surface area contributed by atoms with Crippen LogP contribution in [0.3, 0.4) is 0 Å². The molecule has 4 rings (SSSR count). The lowest BCUT2D eigenvalue weighted by Crippen LogP contribution is -2.34. The third-order valence-corrected chi connectivity index (χ3v) is 6.85. The molecule has 0 saturated carbocycles. The molecule has 0 aromatic heterocycles. The van der Waals surface area contributed by atoms with Gasteiger partial charge in [-0.1, -0.05) is 6.07 Å². The van der Waals surface area contributed by atoms with E-state index in [1.165, 1.54) is 5.56 Å². The Morgan fingerprint density at radius 1 is 1.10 bits per heavy atom. The minimum Gasteiger partial charge on any atom is -0.497 e. The summed E-state index contributed by atoms with van der Waals surface area (Å²) in [6.45, 7) is 3.10. The van der Waals surface area contributed by atoms with Crippen LogP contribution in [0.2, 0.25) is 0 Å². The van der Waals surface area contributed by atoms with Gasteiger partial charge in [-0.3, -0.25) is 4.90 Å². The van der Waals surface area contributed by atoms with Crippen LogP contribution in [0, 0.1) is 0 Å². The number of rotatable bonds is 7. The van der Waals surface area contributed by atoms with E-state index in [1.54, 1.807) is 31.4 Å². The summed E-state index contributed by atoms with van der Waals surface area (Å²) < 4.78 is 44.1. The molecule has 1 atom stereocenters. The monoisotopic (exact) mass is 418 g/mol. The lowest BCUT2D eigenvalue weighted by molar-refractivity contribution is 0.170. The first-order valence-corrected chi connectivity index (χ1v) is 11.3. The molecule has 0 bridgehead atoms. The highest BCUT2D eigenvalue weighted by molar-refractivity contribution is 7.89. The van der Waals surface area contributed by atoms with Crippen molar-refractivity contribution in [1.29, 1.82) is 0 Å². The van der Waals surface area contributed by atoms with Crippen LogP contribution < -0.4 is 18.9 Å². The van der Waals surface area contributed by atoms with Crippen molar-refractivity contribution in [3.05, 3.63) is 48.0 Å². The van der Waals surface area contributed by atoms with Crippen LogP contribution in [0.25, 0.3) is 0 Å². The number of methoxy groups -OCH3 is 1. The zero-order chi connectivity index (χ0) is 20.3. The molecule has 2 aliphatic heterocycles. The van der Waals surface area contributed by atoms with Crippen LogP contribution in [0.1, 0.15) is 24.4 Å². The van der Waals surface area contributed by atoms with Crippen molar-refractivity contribution >= 4 is 10.0 Å². The van der Waals surface area contributed by atoms with E-state index in [2.05, 4.69) is 21.8 Å². The molecule has 1 saturated heterocycles. The Bertz CT molecular complexity index is 946. The van der Waals surface area contributed by atoms with Gasteiger partial charge in [0.05, 0.1) is 12.0 Å². The number of sulfonamides is 1. The topological polar surface area (TPSA) is 77.1 Å². The summed E-state index contributed by atoms with van der Waals surface area (Å²) >= 11 is 0. The Morgan fingerprint density at radius 2 is 1.86 bits per heavy atom. The van der Waals surface area contributed by atoms with Crippen molar-refractivity contribution in [2.45, 2.75) is 23.8 Å². The summed E-state index contributed by atoms with van der Waals surface area (Å²) in [5.41, 5.74) is 1.18. The molecule has 0 radical (unpaired) electrons. The number of hydrogen-bond donors (Lipinski definition) is 1. The minimum absolute atomic E-state index is 0.239. The van der Waals surface area contributed by atoms with Crippen LogP contribution in [-0.2, 0) is 10.0 Å². The van der Waals surface area contributed by atoms with Crippen LogP contribution in [0.4, 0.5) is 0 Å². The molecule has 7 nitrogen and oxygen atoms in total. The second-order valence-electron chi connectivity index (χ2n) is 7.17. The van der Waals surface area contributed by atoms with Crippen molar-refractivity contribution in [3.8, 4) is 17.2 Å². The fraction of sp³-hybridized carbons (Fsp3) is 0.429. The maximum atomic E-state index is 12.5. The summed E-state index contributed by atoms with van der Waals surface area (Å²) in [4.78, 5) is 2.56. The highest BCUT2D eigenvalue weighted by Gasteiger charge is 2.27. The number of fused-ring (bicyclic) bond motifs is 1. The quantitative estimate of drug-likeness (QED) is 0.745. The van der Waals surface area contributed by atoms with Crippen LogP contribution in [0.15, 0.2) is 47.4 Å². The summed E-state index contributed by atoms with van der Waals surface area (Å²) in [6, 6.07) is 12.8. The van der Waals surface area contributed by atoms with Crippen LogP contribution in [0.5, 0.6) is 17.2 Å². The molecule has 0 amide bonds. The van der Waals surface area contributed by atoms with Gasteiger partial charge in [0.25, 0.3) is 0 Å². The fourth-order valence-electron chi connectivity index (χ4n) is 3.90. The van der Waals surface area contributed by atoms with Gasteiger partial charge in [0, 0.05) is 19.1 Å². The molecule has 1 unspecified atom stereocenters. The molecule has 156 valence electrons. The predicted octanol–water partition coefficient (Wildman–Crippen LogP) is 2.58. The summed E-state index contributed by atoms with van der Waals surface area (Å²) in [5, 5.41) is 0. The second kappa shape index (κ2) is 8.61. The minimum atomic E-state index is -3.54. The van der Waals surface area contributed by atoms with Gasteiger partial charge < -0.3 is 14.2 Å². The first kappa shape index (κ1) is 20.0. The molecule has 1 N–H and O–H groups in total. The molecule has 2 heterocycles. The molecule has 0 aliphatic carbocycles. The van der Waals surface area contributed by atoms with E-state index < -0.39 is 10.0 Å². The molecular formula is C21H26N2O5S. The van der Waals surface area contributed by atoms with Gasteiger partial charge in [-0.2, -0.15) is 0 Å². The highest BCUT2D eigenvalue weighted by atomic mass is 32.2. The Hall–Kier alpha value is -2.29. The lowest BCUT2D eigenvalue weighted by Gasteiger charge is -2.26. The van der Waals surface area contributed by atoms with E-state index in [0.717, 1.165) is 30.9 Å². The smallest absolute Gasteiger partial charge is 0.240 e. The molecular weight excluding hydrogens is 392 g/mol.